The third-order valence-corrected chi connectivity index (χ3v) is 2.79. The van der Waals surface area contributed by atoms with Gasteiger partial charge in [0.2, 0.25) is 5.91 Å². The van der Waals surface area contributed by atoms with Crippen LogP contribution >= 0.6 is 15.9 Å². The molecule has 88 valence electrons. The summed E-state index contributed by atoms with van der Waals surface area (Å²) in [5.74, 6) is 0.647. The molecule has 3 heteroatoms. The van der Waals surface area contributed by atoms with Crippen LogP contribution in [0.25, 0.3) is 0 Å². The van der Waals surface area contributed by atoms with Crippen LogP contribution in [0.5, 0.6) is 0 Å². The van der Waals surface area contributed by atoms with Crippen LogP contribution in [0, 0.1) is 5.92 Å². The van der Waals surface area contributed by atoms with Crippen molar-refractivity contribution in [2.24, 2.45) is 5.92 Å². The molecule has 1 amide bonds. The van der Waals surface area contributed by atoms with E-state index in [2.05, 4.69) is 35.1 Å². The molecule has 0 saturated carbocycles. The van der Waals surface area contributed by atoms with Gasteiger partial charge in [0.05, 0.1) is 0 Å². The van der Waals surface area contributed by atoms with E-state index in [-0.39, 0.29) is 5.91 Å². The molecule has 16 heavy (non-hydrogen) atoms. The van der Waals surface area contributed by atoms with E-state index in [4.69, 9.17) is 0 Å². The van der Waals surface area contributed by atoms with Crippen LogP contribution in [-0.4, -0.2) is 12.5 Å². The molecule has 0 spiro atoms. The molecule has 0 unspecified atom stereocenters. The maximum Gasteiger partial charge on any atom is 0.220 e. The van der Waals surface area contributed by atoms with Crippen molar-refractivity contribution < 1.29 is 4.79 Å². The first-order chi connectivity index (χ1) is 7.58. The van der Waals surface area contributed by atoms with E-state index in [1.165, 1.54) is 5.56 Å². The SMILES string of the molecule is CC(C)CNC(=O)CCc1ccc(Br)cc1. The number of benzene rings is 1. The summed E-state index contributed by atoms with van der Waals surface area (Å²) < 4.78 is 1.07. The van der Waals surface area contributed by atoms with Crippen molar-refractivity contribution in [1.29, 1.82) is 0 Å². The standard InChI is InChI=1S/C13H18BrNO/c1-10(2)9-15-13(16)8-5-11-3-6-12(14)7-4-11/h3-4,6-7,10H,5,8-9H2,1-2H3,(H,15,16). The molecule has 0 aliphatic carbocycles. The summed E-state index contributed by atoms with van der Waals surface area (Å²) >= 11 is 3.39. The topological polar surface area (TPSA) is 29.1 Å². The second-order valence-electron chi connectivity index (χ2n) is 4.32. The molecule has 0 bridgehead atoms. The molecule has 0 aromatic heterocycles. The zero-order valence-corrected chi connectivity index (χ0v) is 11.4. The minimum Gasteiger partial charge on any atom is -0.356 e. The van der Waals surface area contributed by atoms with Crippen molar-refractivity contribution in [3.63, 3.8) is 0 Å². The largest absolute Gasteiger partial charge is 0.356 e. The van der Waals surface area contributed by atoms with E-state index in [1.54, 1.807) is 0 Å². The lowest BCUT2D eigenvalue weighted by Crippen LogP contribution is -2.27. The van der Waals surface area contributed by atoms with E-state index in [9.17, 15) is 4.79 Å². The number of carbonyl (C=O) groups is 1. The number of carbonyl (C=O) groups excluding carboxylic acids is 1. The predicted molar refractivity (Wildman–Crippen MR) is 70.3 cm³/mol. The van der Waals surface area contributed by atoms with Gasteiger partial charge in [-0.1, -0.05) is 41.9 Å². The highest BCUT2D eigenvalue weighted by Gasteiger charge is 2.02. The number of hydrogen-bond donors (Lipinski definition) is 1. The Morgan fingerprint density at radius 1 is 1.31 bits per heavy atom. The number of amides is 1. The Balaban J connectivity index is 2.29. The highest BCUT2D eigenvalue weighted by atomic mass is 79.9. The Morgan fingerprint density at radius 3 is 2.50 bits per heavy atom. The number of nitrogens with one attached hydrogen (secondary N) is 1. The highest BCUT2D eigenvalue weighted by molar-refractivity contribution is 9.10. The lowest BCUT2D eigenvalue weighted by atomic mass is 10.1. The van der Waals surface area contributed by atoms with Crippen LogP contribution in [0.1, 0.15) is 25.8 Å². The molecule has 2 nitrogen and oxygen atoms in total. The second kappa shape index (κ2) is 6.69. The molecule has 0 aliphatic rings. The zero-order valence-electron chi connectivity index (χ0n) is 9.79. The minimum atomic E-state index is 0.136. The molecule has 1 aromatic carbocycles. The van der Waals surface area contributed by atoms with E-state index in [1.807, 2.05) is 24.3 Å². The van der Waals surface area contributed by atoms with Gasteiger partial charge in [0.25, 0.3) is 0 Å². The average Bonchev–Trinajstić information content (AvgIpc) is 2.25. The minimum absolute atomic E-state index is 0.136. The molecule has 0 atom stereocenters. The third kappa shape index (κ3) is 5.31. The Kier molecular flexibility index (Phi) is 5.53. The smallest absolute Gasteiger partial charge is 0.220 e. The lowest BCUT2D eigenvalue weighted by Gasteiger charge is -2.07. The molecule has 1 aromatic rings. The summed E-state index contributed by atoms with van der Waals surface area (Å²) in [6, 6.07) is 8.09. The summed E-state index contributed by atoms with van der Waals surface area (Å²) in [5.41, 5.74) is 1.20. The molecule has 0 aliphatic heterocycles. The monoisotopic (exact) mass is 283 g/mol. The van der Waals surface area contributed by atoms with Gasteiger partial charge in [0.1, 0.15) is 0 Å². The Hall–Kier alpha value is -0.830. The van der Waals surface area contributed by atoms with Crippen molar-refractivity contribution in [2.75, 3.05) is 6.54 Å². The van der Waals surface area contributed by atoms with Gasteiger partial charge in [0, 0.05) is 17.4 Å². The van der Waals surface area contributed by atoms with Crippen LogP contribution in [-0.2, 0) is 11.2 Å². The summed E-state index contributed by atoms with van der Waals surface area (Å²) in [5, 5.41) is 2.92. The summed E-state index contributed by atoms with van der Waals surface area (Å²) in [7, 11) is 0. The second-order valence-corrected chi connectivity index (χ2v) is 5.24. The Bertz CT molecular complexity index is 332. The van der Waals surface area contributed by atoms with Crippen LogP contribution in [0.3, 0.4) is 0 Å². The fourth-order valence-electron chi connectivity index (χ4n) is 1.32. The van der Waals surface area contributed by atoms with Crippen molar-refractivity contribution in [1.82, 2.24) is 5.32 Å². The maximum absolute atomic E-state index is 11.5. The lowest BCUT2D eigenvalue weighted by molar-refractivity contribution is -0.121. The van der Waals surface area contributed by atoms with Crippen LogP contribution in [0.2, 0.25) is 0 Å². The van der Waals surface area contributed by atoms with E-state index >= 15 is 0 Å². The van der Waals surface area contributed by atoms with Gasteiger partial charge in [-0.25, -0.2) is 0 Å². The Labute approximate surface area is 106 Å². The van der Waals surface area contributed by atoms with Gasteiger partial charge in [-0.3, -0.25) is 4.79 Å². The highest BCUT2D eigenvalue weighted by Crippen LogP contribution is 2.11. The van der Waals surface area contributed by atoms with Crippen LogP contribution < -0.4 is 5.32 Å². The van der Waals surface area contributed by atoms with E-state index < -0.39 is 0 Å². The molecule has 0 radical (unpaired) electrons. The molecule has 0 fully saturated rings. The van der Waals surface area contributed by atoms with Crippen molar-refractivity contribution in [3.8, 4) is 0 Å². The van der Waals surface area contributed by atoms with E-state index in [0.29, 0.717) is 12.3 Å². The van der Waals surface area contributed by atoms with Gasteiger partial charge >= 0.3 is 0 Å². The van der Waals surface area contributed by atoms with Crippen LogP contribution in [0.15, 0.2) is 28.7 Å². The average molecular weight is 284 g/mol. The normalized spacial score (nSPS) is 10.5. The van der Waals surface area contributed by atoms with Gasteiger partial charge < -0.3 is 5.32 Å². The number of halogens is 1. The number of aryl methyl sites for hydroxylation is 1. The van der Waals surface area contributed by atoms with Gasteiger partial charge in [-0.15, -0.1) is 0 Å². The summed E-state index contributed by atoms with van der Waals surface area (Å²) in [4.78, 5) is 11.5. The zero-order chi connectivity index (χ0) is 12.0. The fraction of sp³-hybridized carbons (Fsp3) is 0.462. The summed E-state index contributed by atoms with van der Waals surface area (Å²) in [6.45, 7) is 4.95. The van der Waals surface area contributed by atoms with Crippen LogP contribution in [0.4, 0.5) is 0 Å². The number of rotatable bonds is 5. The first-order valence-electron chi connectivity index (χ1n) is 5.59. The molecule has 1 rings (SSSR count). The fourth-order valence-corrected chi connectivity index (χ4v) is 1.58. The number of hydrogen-bond acceptors (Lipinski definition) is 1. The van der Waals surface area contributed by atoms with E-state index in [0.717, 1.165) is 17.4 Å². The summed E-state index contributed by atoms with van der Waals surface area (Å²) in [6.07, 6.45) is 1.37. The quantitative estimate of drug-likeness (QED) is 0.884. The first kappa shape index (κ1) is 13.2. The molecular weight excluding hydrogens is 266 g/mol. The van der Waals surface area contributed by atoms with Gasteiger partial charge in [-0.05, 0) is 30.0 Å². The van der Waals surface area contributed by atoms with Crippen molar-refractivity contribution in [3.05, 3.63) is 34.3 Å². The predicted octanol–water partition coefficient (Wildman–Crippen LogP) is 3.15. The molecule has 0 heterocycles. The van der Waals surface area contributed by atoms with Gasteiger partial charge in [0.15, 0.2) is 0 Å². The molecule has 0 saturated heterocycles. The Morgan fingerprint density at radius 2 is 1.94 bits per heavy atom. The molecule has 1 N–H and O–H groups in total. The molecular formula is C13H18BrNO. The maximum atomic E-state index is 11.5. The van der Waals surface area contributed by atoms with Crippen molar-refractivity contribution in [2.45, 2.75) is 26.7 Å². The third-order valence-electron chi connectivity index (χ3n) is 2.26. The van der Waals surface area contributed by atoms with Gasteiger partial charge in [-0.2, -0.15) is 0 Å². The first-order valence-corrected chi connectivity index (χ1v) is 6.38. The van der Waals surface area contributed by atoms with Crippen molar-refractivity contribution >= 4 is 21.8 Å².